The second kappa shape index (κ2) is 7.43. The number of hydrogen-bond donors (Lipinski definition) is 2. The second-order valence-electron chi connectivity index (χ2n) is 7.23. The zero-order chi connectivity index (χ0) is 20.5. The van der Waals surface area contributed by atoms with Gasteiger partial charge in [0.15, 0.2) is 5.69 Å². The van der Waals surface area contributed by atoms with Crippen LogP contribution in [-0.4, -0.2) is 22.5 Å². The van der Waals surface area contributed by atoms with Crippen LogP contribution in [0.5, 0.6) is 0 Å². The number of aromatic nitrogens is 2. The molecule has 0 fully saturated rings. The van der Waals surface area contributed by atoms with Crippen LogP contribution in [0.15, 0.2) is 58.1 Å². The normalized spacial score (nSPS) is 12.6. The molecular formula is C22H22N4O3. The summed E-state index contributed by atoms with van der Waals surface area (Å²) in [6, 6.07) is 15.0. The molecule has 0 saturated carbocycles. The average Bonchev–Trinajstić information content (AvgIpc) is 3.20. The van der Waals surface area contributed by atoms with Gasteiger partial charge in [0.05, 0.1) is 6.54 Å². The Morgan fingerprint density at radius 2 is 1.86 bits per heavy atom. The molecular weight excluding hydrogens is 368 g/mol. The van der Waals surface area contributed by atoms with Gasteiger partial charge < -0.3 is 10.6 Å². The molecule has 0 atom stereocenters. The maximum atomic E-state index is 13.2. The van der Waals surface area contributed by atoms with Crippen LogP contribution in [0, 0.1) is 0 Å². The Morgan fingerprint density at radius 3 is 2.62 bits per heavy atom. The monoisotopic (exact) mass is 390 g/mol. The Morgan fingerprint density at radius 1 is 1.10 bits per heavy atom. The third-order valence-corrected chi connectivity index (χ3v) is 5.41. The van der Waals surface area contributed by atoms with Crippen molar-refractivity contribution in [3.8, 4) is 0 Å². The van der Waals surface area contributed by atoms with Crippen molar-refractivity contribution >= 4 is 17.4 Å². The molecule has 0 unspecified atom stereocenters. The predicted octanol–water partition coefficient (Wildman–Crippen LogP) is 1.93. The highest BCUT2D eigenvalue weighted by Crippen LogP contribution is 2.27. The highest BCUT2D eigenvalue weighted by molar-refractivity contribution is 6.08. The third-order valence-electron chi connectivity index (χ3n) is 5.41. The van der Waals surface area contributed by atoms with Crippen LogP contribution in [0.3, 0.4) is 0 Å². The van der Waals surface area contributed by atoms with Crippen molar-refractivity contribution in [2.45, 2.75) is 25.8 Å². The number of nitrogen functional groups attached to an aromatic ring is 1. The first kappa shape index (κ1) is 18.7. The van der Waals surface area contributed by atoms with Crippen LogP contribution in [0.4, 0.5) is 11.5 Å². The third kappa shape index (κ3) is 3.35. The number of hydrogen-bond acceptors (Lipinski definition) is 4. The van der Waals surface area contributed by atoms with Gasteiger partial charge in [-0.1, -0.05) is 42.5 Å². The summed E-state index contributed by atoms with van der Waals surface area (Å²) in [5.41, 5.74) is 8.51. The summed E-state index contributed by atoms with van der Waals surface area (Å²) in [6.45, 7) is 0.193. The topological polar surface area (TPSA) is 101 Å². The molecule has 29 heavy (non-hydrogen) atoms. The standard InChI is InChI=1S/C22H22N4O3/c1-25(21(28)17-12-6-10-15-9-5-11-16(15)17)18-19(23)26(22(29)24-20(18)27)13-14-7-3-2-4-8-14/h2-4,6-8,10,12H,5,9,11,13,23H2,1H3,(H,24,27,29). The lowest BCUT2D eigenvalue weighted by atomic mass is 10.0. The number of fused-ring (bicyclic) bond motifs is 1. The molecule has 2 aromatic carbocycles. The maximum Gasteiger partial charge on any atom is 0.330 e. The molecule has 1 aliphatic carbocycles. The number of aryl methyl sites for hydroxylation is 1. The summed E-state index contributed by atoms with van der Waals surface area (Å²) in [7, 11) is 1.51. The van der Waals surface area contributed by atoms with E-state index in [-0.39, 0.29) is 24.0 Å². The van der Waals surface area contributed by atoms with Gasteiger partial charge in [0.1, 0.15) is 5.82 Å². The number of benzene rings is 2. The summed E-state index contributed by atoms with van der Waals surface area (Å²) >= 11 is 0. The van der Waals surface area contributed by atoms with Gasteiger partial charge in [-0.25, -0.2) is 4.79 Å². The first-order chi connectivity index (χ1) is 14.0. The summed E-state index contributed by atoms with van der Waals surface area (Å²) in [5.74, 6) is -0.350. The van der Waals surface area contributed by atoms with Crippen molar-refractivity contribution in [1.82, 2.24) is 9.55 Å². The highest BCUT2D eigenvalue weighted by Gasteiger charge is 2.25. The lowest BCUT2D eigenvalue weighted by Crippen LogP contribution is -2.39. The Bertz CT molecular complexity index is 1190. The largest absolute Gasteiger partial charge is 0.383 e. The zero-order valence-corrected chi connectivity index (χ0v) is 16.1. The van der Waals surface area contributed by atoms with E-state index in [0.717, 1.165) is 30.4 Å². The number of nitrogens with two attached hydrogens (primary N) is 1. The number of nitrogens with one attached hydrogen (secondary N) is 1. The average molecular weight is 390 g/mol. The van der Waals surface area contributed by atoms with Gasteiger partial charge in [-0.15, -0.1) is 0 Å². The molecule has 0 aliphatic heterocycles. The number of rotatable bonds is 4. The highest BCUT2D eigenvalue weighted by atomic mass is 16.2. The van der Waals surface area contributed by atoms with E-state index < -0.39 is 11.2 Å². The Kier molecular flexibility index (Phi) is 4.80. The van der Waals surface area contributed by atoms with Crippen LogP contribution in [-0.2, 0) is 19.4 Å². The van der Waals surface area contributed by atoms with E-state index in [1.54, 1.807) is 6.07 Å². The maximum absolute atomic E-state index is 13.2. The minimum Gasteiger partial charge on any atom is -0.383 e. The Balaban J connectivity index is 1.76. The van der Waals surface area contributed by atoms with Gasteiger partial charge in [0, 0.05) is 12.6 Å². The van der Waals surface area contributed by atoms with Gasteiger partial charge in [-0.2, -0.15) is 0 Å². The second-order valence-corrected chi connectivity index (χ2v) is 7.23. The molecule has 0 saturated heterocycles. The first-order valence-corrected chi connectivity index (χ1v) is 9.52. The summed E-state index contributed by atoms with van der Waals surface area (Å²) in [4.78, 5) is 41.6. The van der Waals surface area contributed by atoms with Crippen LogP contribution < -0.4 is 21.9 Å². The number of anilines is 2. The van der Waals surface area contributed by atoms with Crippen molar-refractivity contribution in [3.05, 3.63) is 91.6 Å². The minimum atomic E-state index is -0.680. The van der Waals surface area contributed by atoms with Gasteiger partial charge in [0.25, 0.3) is 11.5 Å². The summed E-state index contributed by atoms with van der Waals surface area (Å²) < 4.78 is 1.27. The van der Waals surface area contributed by atoms with E-state index in [2.05, 4.69) is 4.98 Å². The van der Waals surface area contributed by atoms with E-state index in [1.165, 1.54) is 22.1 Å². The van der Waals surface area contributed by atoms with Crippen molar-refractivity contribution in [1.29, 1.82) is 0 Å². The molecule has 1 aromatic heterocycles. The van der Waals surface area contributed by atoms with Crippen LogP contribution in [0.25, 0.3) is 0 Å². The quantitative estimate of drug-likeness (QED) is 0.711. The van der Waals surface area contributed by atoms with E-state index in [4.69, 9.17) is 5.73 Å². The molecule has 0 spiro atoms. The SMILES string of the molecule is CN(C(=O)c1cccc2c1CCC2)c1c(N)n(Cc2ccccc2)c(=O)[nH]c1=O. The van der Waals surface area contributed by atoms with E-state index in [0.29, 0.717) is 5.56 Å². The minimum absolute atomic E-state index is 0.0267. The molecule has 148 valence electrons. The number of carbonyl (C=O) groups is 1. The fourth-order valence-electron chi connectivity index (χ4n) is 3.93. The number of nitrogens with zero attached hydrogens (tertiary/aromatic N) is 2. The lowest BCUT2D eigenvalue weighted by Gasteiger charge is -2.21. The van der Waals surface area contributed by atoms with Gasteiger partial charge in [0.2, 0.25) is 0 Å². The summed E-state index contributed by atoms with van der Waals surface area (Å²) in [5, 5.41) is 0. The molecule has 1 heterocycles. The van der Waals surface area contributed by atoms with Gasteiger partial charge in [-0.05, 0) is 42.0 Å². The fourth-order valence-corrected chi connectivity index (χ4v) is 3.93. The van der Waals surface area contributed by atoms with E-state index >= 15 is 0 Å². The Hall–Kier alpha value is -3.61. The van der Waals surface area contributed by atoms with Crippen molar-refractivity contribution in [2.75, 3.05) is 17.7 Å². The molecule has 4 rings (SSSR count). The number of carbonyl (C=O) groups excluding carboxylic acids is 1. The molecule has 0 bridgehead atoms. The van der Waals surface area contributed by atoms with Gasteiger partial charge >= 0.3 is 5.69 Å². The molecule has 1 amide bonds. The molecule has 7 heteroatoms. The number of amides is 1. The molecule has 3 aromatic rings. The summed E-state index contributed by atoms with van der Waals surface area (Å²) in [6.07, 6.45) is 2.79. The Labute approximate surface area is 167 Å². The lowest BCUT2D eigenvalue weighted by molar-refractivity contribution is 0.0992. The van der Waals surface area contributed by atoms with Crippen LogP contribution in [0.1, 0.15) is 33.5 Å². The smallest absolute Gasteiger partial charge is 0.330 e. The number of H-pyrrole nitrogens is 1. The van der Waals surface area contributed by atoms with Crippen LogP contribution in [0.2, 0.25) is 0 Å². The fraction of sp³-hybridized carbons (Fsp3) is 0.227. The van der Waals surface area contributed by atoms with E-state index in [9.17, 15) is 14.4 Å². The molecule has 3 N–H and O–H groups in total. The van der Waals surface area contributed by atoms with Gasteiger partial charge in [-0.3, -0.25) is 19.1 Å². The van der Waals surface area contributed by atoms with Crippen molar-refractivity contribution in [3.63, 3.8) is 0 Å². The molecule has 7 nitrogen and oxygen atoms in total. The van der Waals surface area contributed by atoms with Crippen molar-refractivity contribution < 1.29 is 4.79 Å². The van der Waals surface area contributed by atoms with Crippen molar-refractivity contribution in [2.24, 2.45) is 0 Å². The van der Waals surface area contributed by atoms with Crippen LogP contribution >= 0.6 is 0 Å². The zero-order valence-electron chi connectivity index (χ0n) is 16.1. The molecule has 1 aliphatic rings. The van der Waals surface area contributed by atoms with E-state index in [1.807, 2.05) is 42.5 Å². The predicted molar refractivity (Wildman–Crippen MR) is 112 cm³/mol. The number of aromatic amines is 1. The first-order valence-electron chi connectivity index (χ1n) is 9.52. The molecule has 0 radical (unpaired) electrons.